The summed E-state index contributed by atoms with van der Waals surface area (Å²) >= 11 is 6.00. The van der Waals surface area contributed by atoms with Gasteiger partial charge in [0.25, 0.3) is 0 Å². The summed E-state index contributed by atoms with van der Waals surface area (Å²) < 4.78 is 15.2. The number of rotatable bonds is 5. The van der Waals surface area contributed by atoms with E-state index >= 15 is 0 Å². The number of nitrogens with zero attached hydrogens (tertiary/aromatic N) is 4. The zero-order valence-corrected chi connectivity index (χ0v) is 14.0. The Morgan fingerprint density at radius 3 is 3.08 bits per heavy atom. The van der Waals surface area contributed by atoms with Gasteiger partial charge in [0.1, 0.15) is 11.8 Å². The van der Waals surface area contributed by atoms with Gasteiger partial charge in [0.2, 0.25) is 0 Å². The van der Waals surface area contributed by atoms with Gasteiger partial charge >= 0.3 is 0 Å². The molecular formula is C16H18ClN5O2. The van der Waals surface area contributed by atoms with E-state index in [1.165, 1.54) is 0 Å². The van der Waals surface area contributed by atoms with Gasteiger partial charge in [-0.25, -0.2) is 4.98 Å². The number of ether oxygens (including phenoxy) is 2. The van der Waals surface area contributed by atoms with Gasteiger partial charge in [0, 0.05) is 26.0 Å². The molecule has 7 nitrogen and oxygen atoms in total. The smallest absolute Gasteiger partial charge is 0.157 e. The fourth-order valence-electron chi connectivity index (χ4n) is 2.81. The highest BCUT2D eigenvalue weighted by Crippen LogP contribution is 2.17. The number of hydrogen-bond donors (Lipinski definition) is 1. The first-order valence-corrected chi connectivity index (χ1v) is 8.15. The van der Waals surface area contributed by atoms with E-state index in [1.54, 1.807) is 10.9 Å². The van der Waals surface area contributed by atoms with Gasteiger partial charge in [-0.1, -0.05) is 11.6 Å². The number of aromatic nitrogens is 4. The monoisotopic (exact) mass is 347 g/mol. The van der Waals surface area contributed by atoms with Crippen molar-refractivity contribution >= 4 is 17.2 Å². The molecule has 0 bridgehead atoms. The molecule has 4 rings (SSSR count). The van der Waals surface area contributed by atoms with Crippen molar-refractivity contribution in [3.05, 3.63) is 47.6 Å². The average Bonchev–Trinajstić information content (AvgIpc) is 3.25. The van der Waals surface area contributed by atoms with Crippen LogP contribution in [-0.2, 0) is 18.3 Å². The van der Waals surface area contributed by atoms with E-state index in [0.29, 0.717) is 24.8 Å². The first-order valence-electron chi connectivity index (χ1n) is 7.77. The van der Waals surface area contributed by atoms with Crippen molar-refractivity contribution in [3.8, 4) is 5.75 Å². The average molecular weight is 348 g/mol. The number of aryl methyl sites for hydroxylation is 1. The second-order valence-corrected chi connectivity index (χ2v) is 6.31. The van der Waals surface area contributed by atoms with Crippen molar-refractivity contribution in [2.24, 2.45) is 7.05 Å². The number of hydrogen-bond acceptors (Lipinski definition) is 5. The predicted octanol–water partition coefficient (Wildman–Crippen LogP) is 1.66. The molecule has 0 aromatic carbocycles. The molecule has 1 aliphatic heterocycles. The second-order valence-electron chi connectivity index (χ2n) is 5.88. The normalized spacial score (nSPS) is 20.8. The SMILES string of the molecule is Cn1cc(O[C@@H]2COC[C@@H]2NCc2cn3cc(Cl)ccc3n2)cn1. The van der Waals surface area contributed by atoms with Crippen LogP contribution in [0.1, 0.15) is 5.69 Å². The Bertz CT molecular complexity index is 846. The Hall–Kier alpha value is -2.09. The van der Waals surface area contributed by atoms with Crippen molar-refractivity contribution in [2.45, 2.75) is 18.7 Å². The first-order chi connectivity index (χ1) is 11.7. The van der Waals surface area contributed by atoms with Gasteiger partial charge in [-0.3, -0.25) is 4.68 Å². The minimum Gasteiger partial charge on any atom is -0.483 e. The summed E-state index contributed by atoms with van der Waals surface area (Å²) in [6.07, 6.45) is 7.34. The molecule has 0 radical (unpaired) electrons. The summed E-state index contributed by atoms with van der Waals surface area (Å²) in [4.78, 5) is 4.57. The molecule has 0 unspecified atom stereocenters. The number of pyridine rings is 1. The molecular weight excluding hydrogens is 330 g/mol. The summed E-state index contributed by atoms with van der Waals surface area (Å²) in [5.41, 5.74) is 1.83. The van der Waals surface area contributed by atoms with E-state index in [0.717, 1.165) is 17.1 Å². The topological polar surface area (TPSA) is 65.6 Å². The van der Waals surface area contributed by atoms with Gasteiger partial charge in [-0.2, -0.15) is 5.10 Å². The summed E-state index contributed by atoms with van der Waals surface area (Å²) in [5.74, 6) is 0.752. The van der Waals surface area contributed by atoms with Crippen molar-refractivity contribution in [1.29, 1.82) is 0 Å². The van der Waals surface area contributed by atoms with Crippen molar-refractivity contribution in [2.75, 3.05) is 13.2 Å². The van der Waals surface area contributed by atoms with E-state index in [2.05, 4.69) is 15.4 Å². The quantitative estimate of drug-likeness (QED) is 0.760. The third-order valence-corrected chi connectivity index (χ3v) is 4.23. The molecule has 24 heavy (non-hydrogen) atoms. The molecule has 0 spiro atoms. The lowest BCUT2D eigenvalue weighted by atomic mass is 10.2. The predicted molar refractivity (Wildman–Crippen MR) is 89.3 cm³/mol. The van der Waals surface area contributed by atoms with Crippen LogP contribution in [0, 0.1) is 0 Å². The Kier molecular flexibility index (Phi) is 4.13. The minimum absolute atomic E-state index is 0.0410. The molecule has 126 valence electrons. The van der Waals surface area contributed by atoms with Crippen LogP contribution in [0.25, 0.3) is 5.65 Å². The Morgan fingerprint density at radius 2 is 2.25 bits per heavy atom. The van der Waals surface area contributed by atoms with Crippen LogP contribution in [0.2, 0.25) is 5.02 Å². The number of nitrogens with one attached hydrogen (secondary N) is 1. The van der Waals surface area contributed by atoms with E-state index in [9.17, 15) is 0 Å². The molecule has 0 saturated carbocycles. The Balaban J connectivity index is 1.40. The number of imidazole rings is 1. The Labute approximate surface area is 144 Å². The van der Waals surface area contributed by atoms with E-state index in [4.69, 9.17) is 21.1 Å². The molecule has 2 atom stereocenters. The van der Waals surface area contributed by atoms with E-state index < -0.39 is 0 Å². The summed E-state index contributed by atoms with van der Waals surface area (Å²) in [7, 11) is 1.86. The minimum atomic E-state index is -0.0410. The lowest BCUT2D eigenvalue weighted by molar-refractivity contribution is 0.139. The van der Waals surface area contributed by atoms with E-state index in [1.807, 2.05) is 42.2 Å². The van der Waals surface area contributed by atoms with Gasteiger partial charge < -0.3 is 19.2 Å². The highest BCUT2D eigenvalue weighted by molar-refractivity contribution is 6.30. The fourth-order valence-corrected chi connectivity index (χ4v) is 2.98. The maximum absolute atomic E-state index is 6.00. The zero-order valence-electron chi connectivity index (χ0n) is 13.2. The molecule has 3 aromatic heterocycles. The third kappa shape index (κ3) is 3.24. The molecule has 1 aliphatic rings. The largest absolute Gasteiger partial charge is 0.483 e. The molecule has 8 heteroatoms. The number of halogens is 1. The molecule has 1 saturated heterocycles. The lowest BCUT2D eigenvalue weighted by Gasteiger charge is -2.19. The van der Waals surface area contributed by atoms with Gasteiger partial charge in [-0.15, -0.1) is 0 Å². The van der Waals surface area contributed by atoms with Crippen molar-refractivity contribution < 1.29 is 9.47 Å². The first kappa shape index (κ1) is 15.4. The van der Waals surface area contributed by atoms with Gasteiger partial charge in [0.15, 0.2) is 5.75 Å². The summed E-state index contributed by atoms with van der Waals surface area (Å²) in [6, 6.07) is 3.85. The fraction of sp³-hybridized carbons (Fsp3) is 0.375. The van der Waals surface area contributed by atoms with Crippen LogP contribution in [0.4, 0.5) is 0 Å². The van der Waals surface area contributed by atoms with Crippen molar-refractivity contribution in [3.63, 3.8) is 0 Å². The Morgan fingerprint density at radius 1 is 1.33 bits per heavy atom. The standard InChI is InChI=1S/C16H18ClN5O2/c1-21-8-13(5-19-21)24-15-10-23-9-14(15)18-4-12-7-22-6-11(17)2-3-16(22)20-12/h2-3,5-8,14-15,18H,4,9-10H2,1H3/t14-,15+/m0/s1. The highest BCUT2D eigenvalue weighted by atomic mass is 35.5. The van der Waals surface area contributed by atoms with Crippen LogP contribution in [0.15, 0.2) is 36.9 Å². The molecule has 0 aliphatic carbocycles. The van der Waals surface area contributed by atoms with Crippen LogP contribution in [0.5, 0.6) is 5.75 Å². The van der Waals surface area contributed by atoms with Crippen LogP contribution in [0.3, 0.4) is 0 Å². The number of fused-ring (bicyclic) bond motifs is 1. The third-order valence-electron chi connectivity index (χ3n) is 4.01. The maximum atomic E-state index is 6.00. The van der Waals surface area contributed by atoms with E-state index in [-0.39, 0.29) is 12.1 Å². The van der Waals surface area contributed by atoms with Gasteiger partial charge in [-0.05, 0) is 12.1 Å². The zero-order chi connectivity index (χ0) is 16.5. The maximum Gasteiger partial charge on any atom is 0.157 e. The molecule has 3 aromatic rings. The molecule has 0 amide bonds. The van der Waals surface area contributed by atoms with Gasteiger partial charge in [0.05, 0.1) is 42.4 Å². The lowest BCUT2D eigenvalue weighted by Crippen LogP contribution is -2.41. The highest BCUT2D eigenvalue weighted by Gasteiger charge is 2.30. The van der Waals surface area contributed by atoms with Crippen molar-refractivity contribution in [1.82, 2.24) is 24.5 Å². The summed E-state index contributed by atoms with van der Waals surface area (Å²) in [5, 5.41) is 8.27. The van der Waals surface area contributed by atoms with Crippen LogP contribution < -0.4 is 10.1 Å². The molecule has 1 N–H and O–H groups in total. The summed E-state index contributed by atoms with van der Waals surface area (Å²) in [6.45, 7) is 1.82. The molecule has 1 fully saturated rings. The van der Waals surface area contributed by atoms with Crippen LogP contribution in [-0.4, -0.2) is 44.5 Å². The molecule has 4 heterocycles. The van der Waals surface area contributed by atoms with Crippen LogP contribution >= 0.6 is 11.6 Å². The second kappa shape index (κ2) is 6.43.